The predicted octanol–water partition coefficient (Wildman–Crippen LogP) is 3.31. The monoisotopic (exact) mass is 206 g/mol. The SMILES string of the molecule is BB[C@H]1CCCCC[C@@H](C)CCCCC1. The van der Waals surface area contributed by atoms with Gasteiger partial charge in [-0.2, -0.15) is 0 Å². The van der Waals surface area contributed by atoms with Crippen molar-refractivity contribution in [3.8, 4) is 0 Å². The Morgan fingerprint density at radius 2 is 1.27 bits per heavy atom. The van der Waals surface area contributed by atoms with Crippen LogP contribution in [0.4, 0.5) is 0 Å². The van der Waals surface area contributed by atoms with E-state index in [1.54, 1.807) is 0 Å². The molecule has 0 unspecified atom stereocenters. The third-order valence-corrected chi connectivity index (χ3v) is 4.20. The van der Waals surface area contributed by atoms with Gasteiger partial charge < -0.3 is 0 Å². The fourth-order valence-electron chi connectivity index (χ4n) is 2.90. The Hall–Kier alpha value is 0.130. The molecule has 0 spiro atoms. The average Bonchev–Trinajstić information content (AvgIpc) is 2.23. The molecule has 2 heteroatoms. The van der Waals surface area contributed by atoms with E-state index < -0.39 is 0 Å². The first kappa shape index (κ1) is 13.2. The molecule has 0 saturated heterocycles. The molecular formula is C13H28B2. The minimum Gasteiger partial charge on any atom is -0.0737 e. The van der Waals surface area contributed by atoms with Crippen LogP contribution in [0.1, 0.15) is 71.1 Å². The van der Waals surface area contributed by atoms with E-state index in [1.165, 1.54) is 71.4 Å². The zero-order valence-corrected chi connectivity index (χ0v) is 10.9. The molecule has 0 amide bonds. The molecular weight excluding hydrogens is 178 g/mol. The lowest BCUT2D eigenvalue weighted by atomic mass is 9.45. The first-order chi connectivity index (χ1) is 7.33. The van der Waals surface area contributed by atoms with Crippen molar-refractivity contribution in [2.24, 2.45) is 5.92 Å². The summed E-state index contributed by atoms with van der Waals surface area (Å²) in [5, 5.41) is 0. The molecule has 1 saturated carbocycles. The topological polar surface area (TPSA) is 0 Å². The van der Waals surface area contributed by atoms with Gasteiger partial charge in [-0.15, -0.1) is 0 Å². The van der Waals surface area contributed by atoms with Crippen molar-refractivity contribution >= 4 is 14.9 Å². The summed E-state index contributed by atoms with van der Waals surface area (Å²) in [5.74, 6) is 2.04. The molecule has 0 nitrogen and oxygen atoms in total. The molecule has 0 aliphatic heterocycles. The largest absolute Gasteiger partial charge is 0.0860 e. The summed E-state index contributed by atoms with van der Waals surface area (Å²) in [6, 6.07) is 0. The van der Waals surface area contributed by atoms with Gasteiger partial charge in [-0.25, -0.2) is 0 Å². The van der Waals surface area contributed by atoms with Crippen LogP contribution in [0.5, 0.6) is 0 Å². The van der Waals surface area contributed by atoms with Gasteiger partial charge in [0.2, 0.25) is 0 Å². The Labute approximate surface area is 98.2 Å². The highest BCUT2D eigenvalue weighted by molar-refractivity contribution is 6.90. The minimum atomic E-state index is 0.992. The van der Waals surface area contributed by atoms with Crippen LogP contribution in [0.15, 0.2) is 0 Å². The van der Waals surface area contributed by atoms with Crippen LogP contribution >= 0.6 is 0 Å². The fourth-order valence-corrected chi connectivity index (χ4v) is 2.90. The first-order valence-corrected chi connectivity index (χ1v) is 7.33. The van der Waals surface area contributed by atoms with E-state index in [9.17, 15) is 0 Å². The molecule has 0 radical (unpaired) electrons. The second kappa shape index (κ2) is 8.30. The molecule has 1 fully saturated rings. The molecule has 1 aliphatic rings. The predicted molar refractivity (Wildman–Crippen MR) is 74.8 cm³/mol. The van der Waals surface area contributed by atoms with Crippen molar-refractivity contribution in [2.45, 2.75) is 76.9 Å². The van der Waals surface area contributed by atoms with Crippen LogP contribution in [0.2, 0.25) is 5.82 Å². The normalized spacial score (nSPS) is 31.3. The maximum Gasteiger partial charge on any atom is 0.0860 e. The van der Waals surface area contributed by atoms with Gasteiger partial charge in [0, 0.05) is 0 Å². The quantitative estimate of drug-likeness (QED) is 0.577. The van der Waals surface area contributed by atoms with Gasteiger partial charge >= 0.3 is 0 Å². The molecule has 0 N–H and O–H groups in total. The van der Waals surface area contributed by atoms with E-state index in [4.69, 9.17) is 0 Å². The maximum atomic E-state index is 2.45. The van der Waals surface area contributed by atoms with Crippen molar-refractivity contribution in [1.29, 1.82) is 0 Å². The molecule has 0 aromatic rings. The second-order valence-corrected chi connectivity index (χ2v) is 5.66. The van der Waals surface area contributed by atoms with Crippen molar-refractivity contribution in [3.05, 3.63) is 0 Å². The van der Waals surface area contributed by atoms with Crippen molar-refractivity contribution < 1.29 is 0 Å². The van der Waals surface area contributed by atoms with Gasteiger partial charge in [0.05, 0.1) is 14.9 Å². The molecule has 0 heterocycles. The zero-order valence-electron chi connectivity index (χ0n) is 10.9. The van der Waals surface area contributed by atoms with E-state index in [2.05, 4.69) is 14.7 Å². The highest BCUT2D eigenvalue weighted by Crippen LogP contribution is 2.25. The highest BCUT2D eigenvalue weighted by Gasteiger charge is 2.09. The molecule has 1 aliphatic carbocycles. The van der Waals surface area contributed by atoms with Gasteiger partial charge in [0.25, 0.3) is 0 Å². The Kier molecular flexibility index (Phi) is 7.30. The molecule has 0 atom stereocenters. The van der Waals surface area contributed by atoms with Crippen LogP contribution in [0.3, 0.4) is 0 Å². The van der Waals surface area contributed by atoms with Gasteiger partial charge in [-0.05, 0) is 5.92 Å². The average molecular weight is 206 g/mol. The number of hydrogen-bond donors (Lipinski definition) is 0. The summed E-state index contributed by atoms with van der Waals surface area (Å²) < 4.78 is 0. The van der Waals surface area contributed by atoms with E-state index in [0.29, 0.717) is 0 Å². The van der Waals surface area contributed by atoms with Crippen molar-refractivity contribution in [3.63, 3.8) is 0 Å². The Balaban J connectivity index is 2.23. The van der Waals surface area contributed by atoms with E-state index in [1.807, 2.05) is 0 Å². The lowest BCUT2D eigenvalue weighted by molar-refractivity contribution is 0.420. The van der Waals surface area contributed by atoms with Gasteiger partial charge in [0.1, 0.15) is 0 Å². The lowest BCUT2D eigenvalue weighted by Crippen LogP contribution is -2.05. The van der Waals surface area contributed by atoms with Crippen LogP contribution in [0, 0.1) is 5.92 Å². The standard InChI is InChI=1S/C13H28B2/c1-12-8-4-2-6-10-13(15-14)11-7-3-5-9-12/h12-13,15H,2-11,14H2,1H3/t12-,13+. The third kappa shape index (κ3) is 6.33. The van der Waals surface area contributed by atoms with E-state index >= 15 is 0 Å². The summed E-state index contributed by atoms with van der Waals surface area (Å²) >= 11 is 0. The molecule has 86 valence electrons. The highest BCUT2D eigenvalue weighted by atomic mass is 14.1. The summed E-state index contributed by atoms with van der Waals surface area (Å²) in [6.45, 7) is 2.45. The Morgan fingerprint density at radius 1 is 0.800 bits per heavy atom. The molecule has 1 rings (SSSR count). The van der Waals surface area contributed by atoms with Crippen LogP contribution in [0.25, 0.3) is 0 Å². The lowest BCUT2D eigenvalue weighted by Gasteiger charge is -2.17. The van der Waals surface area contributed by atoms with Gasteiger partial charge in [-0.1, -0.05) is 76.9 Å². The molecule has 0 aromatic heterocycles. The Morgan fingerprint density at radius 3 is 1.73 bits per heavy atom. The zero-order chi connectivity index (χ0) is 10.9. The summed E-state index contributed by atoms with van der Waals surface area (Å²) in [7, 11) is 3.79. The Bertz CT molecular complexity index is 133. The molecule has 15 heavy (non-hydrogen) atoms. The van der Waals surface area contributed by atoms with Crippen molar-refractivity contribution in [1.82, 2.24) is 0 Å². The van der Waals surface area contributed by atoms with Gasteiger partial charge in [-0.3, -0.25) is 0 Å². The first-order valence-electron chi connectivity index (χ1n) is 7.33. The van der Waals surface area contributed by atoms with Crippen LogP contribution in [-0.4, -0.2) is 14.9 Å². The number of hydrogen-bond acceptors (Lipinski definition) is 0. The molecule has 0 bridgehead atoms. The summed E-state index contributed by atoms with van der Waals surface area (Å²) in [5.41, 5.74) is 0. The molecule has 0 aromatic carbocycles. The van der Waals surface area contributed by atoms with Crippen LogP contribution < -0.4 is 0 Å². The fraction of sp³-hybridized carbons (Fsp3) is 1.00. The van der Waals surface area contributed by atoms with Crippen molar-refractivity contribution in [2.75, 3.05) is 0 Å². The summed E-state index contributed by atoms with van der Waals surface area (Å²) in [6.07, 6.45) is 14.9. The summed E-state index contributed by atoms with van der Waals surface area (Å²) in [4.78, 5) is 0. The minimum absolute atomic E-state index is 0.992. The van der Waals surface area contributed by atoms with Gasteiger partial charge in [0.15, 0.2) is 0 Å². The smallest absolute Gasteiger partial charge is 0.0737 e. The third-order valence-electron chi connectivity index (χ3n) is 4.20. The van der Waals surface area contributed by atoms with E-state index in [0.717, 1.165) is 11.7 Å². The maximum absolute atomic E-state index is 2.45. The van der Waals surface area contributed by atoms with E-state index in [-0.39, 0.29) is 0 Å². The number of rotatable bonds is 1. The second-order valence-electron chi connectivity index (χ2n) is 5.66. The van der Waals surface area contributed by atoms with Crippen LogP contribution in [-0.2, 0) is 0 Å².